The first-order chi connectivity index (χ1) is 13.0. The van der Waals surface area contributed by atoms with Crippen molar-refractivity contribution < 1.29 is 4.79 Å². The lowest BCUT2D eigenvalue weighted by molar-refractivity contribution is 0.103. The van der Waals surface area contributed by atoms with Gasteiger partial charge in [0, 0.05) is 11.3 Å². The van der Waals surface area contributed by atoms with Crippen LogP contribution >= 0.6 is 11.3 Å². The summed E-state index contributed by atoms with van der Waals surface area (Å²) in [6.45, 7) is 3.89. The summed E-state index contributed by atoms with van der Waals surface area (Å²) in [6.07, 6.45) is 0. The molecule has 6 heteroatoms. The summed E-state index contributed by atoms with van der Waals surface area (Å²) in [7, 11) is 0. The minimum absolute atomic E-state index is 0.167. The van der Waals surface area contributed by atoms with Crippen LogP contribution in [0.3, 0.4) is 0 Å². The van der Waals surface area contributed by atoms with Crippen molar-refractivity contribution >= 4 is 39.0 Å². The standard InChI is InChI=1S/C21H18N4OS/c1-12-8-10-15(11-9-12)23-20(26)17-13(2)16-18(22)24-19(25-21(16)27-17)14-6-4-3-5-7-14/h3-11H,1-2H3,(H,23,26)(H2,22,24,25). The zero-order valence-corrected chi connectivity index (χ0v) is 15.8. The van der Waals surface area contributed by atoms with E-state index in [1.165, 1.54) is 11.3 Å². The maximum atomic E-state index is 12.8. The van der Waals surface area contributed by atoms with Gasteiger partial charge in [-0.15, -0.1) is 11.3 Å². The molecule has 0 saturated carbocycles. The number of nitrogens with two attached hydrogens (primary N) is 1. The van der Waals surface area contributed by atoms with Gasteiger partial charge < -0.3 is 11.1 Å². The predicted octanol–water partition coefficient (Wildman–Crippen LogP) is 4.81. The molecular weight excluding hydrogens is 356 g/mol. The van der Waals surface area contributed by atoms with E-state index in [0.717, 1.165) is 27.8 Å². The van der Waals surface area contributed by atoms with Gasteiger partial charge in [-0.1, -0.05) is 48.0 Å². The predicted molar refractivity (Wildman–Crippen MR) is 111 cm³/mol. The van der Waals surface area contributed by atoms with Crippen molar-refractivity contribution in [2.24, 2.45) is 0 Å². The fourth-order valence-electron chi connectivity index (χ4n) is 2.93. The Balaban J connectivity index is 1.74. The molecule has 0 bridgehead atoms. The zero-order valence-electron chi connectivity index (χ0n) is 15.0. The highest BCUT2D eigenvalue weighted by atomic mass is 32.1. The van der Waals surface area contributed by atoms with E-state index >= 15 is 0 Å². The summed E-state index contributed by atoms with van der Waals surface area (Å²) in [4.78, 5) is 23.2. The third-order valence-corrected chi connectivity index (χ3v) is 5.55. The third kappa shape index (κ3) is 3.27. The van der Waals surface area contributed by atoms with Crippen molar-refractivity contribution in [1.82, 2.24) is 9.97 Å². The Kier molecular flexibility index (Phi) is 4.33. The first kappa shape index (κ1) is 17.2. The fraction of sp³-hybridized carbons (Fsp3) is 0.0952. The lowest BCUT2D eigenvalue weighted by atomic mass is 10.1. The van der Waals surface area contributed by atoms with Crippen molar-refractivity contribution in [2.75, 3.05) is 11.1 Å². The molecule has 0 saturated heterocycles. The molecule has 0 aliphatic heterocycles. The van der Waals surface area contributed by atoms with Gasteiger partial charge in [0.1, 0.15) is 10.6 Å². The fourth-order valence-corrected chi connectivity index (χ4v) is 4.01. The van der Waals surface area contributed by atoms with Crippen LogP contribution in [0.1, 0.15) is 20.8 Å². The van der Waals surface area contributed by atoms with E-state index in [4.69, 9.17) is 5.73 Å². The summed E-state index contributed by atoms with van der Waals surface area (Å²) in [6, 6.07) is 17.4. The highest BCUT2D eigenvalue weighted by Crippen LogP contribution is 2.34. The maximum absolute atomic E-state index is 12.8. The highest BCUT2D eigenvalue weighted by Gasteiger charge is 2.20. The quantitative estimate of drug-likeness (QED) is 0.539. The van der Waals surface area contributed by atoms with E-state index in [1.54, 1.807) is 0 Å². The largest absolute Gasteiger partial charge is 0.383 e. The number of hydrogen-bond donors (Lipinski definition) is 2. The van der Waals surface area contributed by atoms with Crippen LogP contribution in [0.2, 0.25) is 0 Å². The van der Waals surface area contributed by atoms with Crippen LogP contribution in [-0.4, -0.2) is 15.9 Å². The molecule has 5 nitrogen and oxygen atoms in total. The Hall–Kier alpha value is -3.25. The lowest BCUT2D eigenvalue weighted by Gasteiger charge is -2.05. The molecule has 0 aliphatic rings. The normalized spacial score (nSPS) is 10.9. The van der Waals surface area contributed by atoms with Gasteiger partial charge in [0.2, 0.25) is 0 Å². The number of nitrogens with one attached hydrogen (secondary N) is 1. The second-order valence-electron chi connectivity index (χ2n) is 6.35. The number of fused-ring (bicyclic) bond motifs is 1. The highest BCUT2D eigenvalue weighted by molar-refractivity contribution is 7.20. The van der Waals surface area contributed by atoms with Gasteiger partial charge in [-0.05, 0) is 31.5 Å². The van der Waals surface area contributed by atoms with Crippen LogP contribution in [0.25, 0.3) is 21.6 Å². The molecular formula is C21H18N4OS. The molecule has 2 heterocycles. The molecule has 0 fully saturated rings. The Morgan fingerprint density at radius 3 is 2.41 bits per heavy atom. The minimum atomic E-state index is -0.167. The number of amides is 1. The molecule has 3 N–H and O–H groups in total. The smallest absolute Gasteiger partial charge is 0.266 e. The number of thiophene rings is 1. The lowest BCUT2D eigenvalue weighted by Crippen LogP contribution is -2.11. The van der Waals surface area contributed by atoms with Crippen LogP contribution in [0.5, 0.6) is 0 Å². The molecule has 27 heavy (non-hydrogen) atoms. The molecule has 0 unspecified atom stereocenters. The van der Waals surface area contributed by atoms with Gasteiger partial charge in [0.05, 0.1) is 10.3 Å². The molecule has 0 radical (unpaired) electrons. The number of anilines is 2. The number of rotatable bonds is 3. The van der Waals surface area contributed by atoms with E-state index in [-0.39, 0.29) is 5.91 Å². The maximum Gasteiger partial charge on any atom is 0.266 e. The molecule has 4 aromatic rings. The minimum Gasteiger partial charge on any atom is -0.383 e. The Labute approximate surface area is 160 Å². The number of nitrogen functional groups attached to an aromatic ring is 1. The average Bonchev–Trinajstić information content (AvgIpc) is 3.01. The van der Waals surface area contributed by atoms with Crippen LogP contribution in [0, 0.1) is 13.8 Å². The van der Waals surface area contributed by atoms with Crippen LogP contribution in [0.4, 0.5) is 11.5 Å². The van der Waals surface area contributed by atoms with E-state index in [0.29, 0.717) is 21.3 Å². The monoisotopic (exact) mass is 374 g/mol. The molecule has 0 atom stereocenters. The van der Waals surface area contributed by atoms with Gasteiger partial charge in [-0.25, -0.2) is 9.97 Å². The van der Waals surface area contributed by atoms with Crippen LogP contribution in [-0.2, 0) is 0 Å². The number of aryl methyl sites for hydroxylation is 2. The van der Waals surface area contributed by atoms with Crippen molar-refractivity contribution in [2.45, 2.75) is 13.8 Å². The number of benzene rings is 2. The van der Waals surface area contributed by atoms with Crippen molar-refractivity contribution in [3.8, 4) is 11.4 Å². The Bertz CT molecular complexity index is 1130. The van der Waals surface area contributed by atoms with Crippen LogP contribution < -0.4 is 11.1 Å². The van der Waals surface area contributed by atoms with Crippen LogP contribution in [0.15, 0.2) is 54.6 Å². The average molecular weight is 374 g/mol. The number of carbonyl (C=O) groups is 1. The zero-order chi connectivity index (χ0) is 19.0. The molecule has 4 rings (SSSR count). The summed E-state index contributed by atoms with van der Waals surface area (Å²) in [5.74, 6) is 0.786. The van der Waals surface area contributed by atoms with Crippen molar-refractivity contribution in [3.05, 3.63) is 70.6 Å². The molecule has 134 valence electrons. The Morgan fingerprint density at radius 2 is 1.70 bits per heavy atom. The number of carbonyl (C=O) groups excluding carboxylic acids is 1. The molecule has 0 spiro atoms. The van der Waals surface area contributed by atoms with Gasteiger partial charge in [-0.2, -0.15) is 0 Å². The van der Waals surface area contributed by atoms with Gasteiger partial charge in [-0.3, -0.25) is 4.79 Å². The second kappa shape index (κ2) is 6.81. The number of nitrogens with zero attached hydrogens (tertiary/aromatic N) is 2. The topological polar surface area (TPSA) is 80.9 Å². The SMILES string of the molecule is Cc1ccc(NC(=O)c2sc3nc(-c4ccccc4)nc(N)c3c2C)cc1. The molecule has 2 aromatic carbocycles. The summed E-state index contributed by atoms with van der Waals surface area (Å²) in [5.41, 5.74) is 9.79. The summed E-state index contributed by atoms with van der Waals surface area (Å²) >= 11 is 1.33. The first-order valence-corrected chi connectivity index (χ1v) is 9.34. The van der Waals surface area contributed by atoms with E-state index < -0.39 is 0 Å². The van der Waals surface area contributed by atoms with E-state index in [9.17, 15) is 4.79 Å². The molecule has 2 aromatic heterocycles. The van der Waals surface area contributed by atoms with Gasteiger partial charge >= 0.3 is 0 Å². The Morgan fingerprint density at radius 1 is 1.00 bits per heavy atom. The molecule has 0 aliphatic carbocycles. The van der Waals surface area contributed by atoms with Gasteiger partial charge in [0.15, 0.2) is 5.82 Å². The number of hydrogen-bond acceptors (Lipinski definition) is 5. The van der Waals surface area contributed by atoms with Crippen molar-refractivity contribution in [1.29, 1.82) is 0 Å². The number of aromatic nitrogens is 2. The second-order valence-corrected chi connectivity index (χ2v) is 7.35. The summed E-state index contributed by atoms with van der Waals surface area (Å²) in [5, 5.41) is 3.68. The van der Waals surface area contributed by atoms with Crippen molar-refractivity contribution in [3.63, 3.8) is 0 Å². The third-order valence-electron chi connectivity index (χ3n) is 4.37. The van der Waals surface area contributed by atoms with E-state index in [1.807, 2.05) is 68.4 Å². The van der Waals surface area contributed by atoms with E-state index in [2.05, 4.69) is 15.3 Å². The molecule has 1 amide bonds. The van der Waals surface area contributed by atoms with Gasteiger partial charge in [0.25, 0.3) is 5.91 Å². The first-order valence-electron chi connectivity index (χ1n) is 8.53. The summed E-state index contributed by atoms with van der Waals surface area (Å²) < 4.78 is 0.